The van der Waals surface area contributed by atoms with E-state index in [-0.39, 0.29) is 5.91 Å². The van der Waals surface area contributed by atoms with Crippen LogP contribution in [0.3, 0.4) is 0 Å². The minimum absolute atomic E-state index is 0.126. The van der Waals surface area contributed by atoms with Crippen molar-refractivity contribution in [2.24, 2.45) is 10.9 Å². The zero-order valence-electron chi connectivity index (χ0n) is 20.5. The Bertz CT molecular complexity index is 1390. The zero-order chi connectivity index (χ0) is 25.1. The molecule has 0 radical (unpaired) electrons. The molecular formula is C31H29ClN2OS. The maximum atomic E-state index is 13.3. The molecule has 0 bridgehead atoms. The van der Waals surface area contributed by atoms with Crippen LogP contribution in [0.4, 0.5) is 5.00 Å². The molecule has 36 heavy (non-hydrogen) atoms. The van der Waals surface area contributed by atoms with Gasteiger partial charge in [-0.1, -0.05) is 98.2 Å². The Hall–Kier alpha value is -3.21. The minimum Gasteiger partial charge on any atom is -0.315 e. The Kier molecular flexibility index (Phi) is 7.35. The van der Waals surface area contributed by atoms with E-state index in [1.165, 1.54) is 16.0 Å². The first-order valence-electron chi connectivity index (χ1n) is 12.4. The number of amides is 1. The van der Waals surface area contributed by atoms with E-state index in [1.807, 2.05) is 54.6 Å². The van der Waals surface area contributed by atoms with Crippen LogP contribution < -0.4 is 5.32 Å². The molecule has 0 fully saturated rings. The van der Waals surface area contributed by atoms with Crippen molar-refractivity contribution in [3.8, 4) is 0 Å². The lowest BCUT2D eigenvalue weighted by Crippen LogP contribution is -2.18. The molecule has 3 nitrogen and oxygen atoms in total. The summed E-state index contributed by atoms with van der Waals surface area (Å²) in [5, 5.41) is 4.61. The van der Waals surface area contributed by atoms with Gasteiger partial charge in [-0.2, -0.15) is 0 Å². The van der Waals surface area contributed by atoms with Crippen LogP contribution in [0.25, 0.3) is 0 Å². The van der Waals surface area contributed by atoms with E-state index in [9.17, 15) is 4.79 Å². The second kappa shape index (κ2) is 10.8. The number of aryl methyl sites for hydroxylation is 2. The molecule has 5 heteroatoms. The molecule has 2 heterocycles. The highest BCUT2D eigenvalue weighted by Crippen LogP contribution is 2.37. The quantitative estimate of drug-likeness (QED) is 0.268. The number of carbonyl (C=O) groups is 1. The van der Waals surface area contributed by atoms with Gasteiger partial charge in [-0.3, -0.25) is 9.79 Å². The number of fused-ring (bicyclic) bond motifs is 1. The summed E-state index contributed by atoms with van der Waals surface area (Å²) in [6.45, 7) is 4.49. The van der Waals surface area contributed by atoms with Gasteiger partial charge < -0.3 is 5.32 Å². The second-order valence-corrected chi connectivity index (χ2v) is 11.2. The van der Waals surface area contributed by atoms with Crippen LogP contribution in [0.1, 0.15) is 52.6 Å². The average molecular weight is 513 g/mol. The summed E-state index contributed by atoms with van der Waals surface area (Å²) in [5.74, 6) is 0.529. The number of rotatable bonds is 7. The van der Waals surface area contributed by atoms with Crippen molar-refractivity contribution in [2.75, 3.05) is 5.32 Å². The molecule has 4 aromatic rings. The van der Waals surface area contributed by atoms with Crippen molar-refractivity contribution in [2.45, 2.75) is 39.2 Å². The van der Waals surface area contributed by atoms with Gasteiger partial charge in [0.05, 0.1) is 5.71 Å². The Morgan fingerprint density at radius 3 is 2.31 bits per heavy atom. The van der Waals surface area contributed by atoms with E-state index in [1.54, 1.807) is 11.3 Å². The van der Waals surface area contributed by atoms with Crippen LogP contribution >= 0.6 is 22.9 Å². The van der Waals surface area contributed by atoms with E-state index >= 15 is 0 Å². The molecule has 0 aliphatic carbocycles. The third-order valence-electron chi connectivity index (χ3n) is 6.35. The van der Waals surface area contributed by atoms with E-state index < -0.39 is 6.04 Å². The molecule has 1 amide bonds. The molecule has 0 saturated carbocycles. The number of benzene rings is 3. The molecule has 1 unspecified atom stereocenters. The summed E-state index contributed by atoms with van der Waals surface area (Å²) in [4.78, 5) is 19.5. The molecular weight excluding hydrogens is 484 g/mol. The van der Waals surface area contributed by atoms with Crippen molar-refractivity contribution in [1.82, 2.24) is 0 Å². The van der Waals surface area contributed by atoms with E-state index in [4.69, 9.17) is 16.6 Å². The van der Waals surface area contributed by atoms with Gasteiger partial charge in [-0.05, 0) is 54.0 Å². The predicted octanol–water partition coefficient (Wildman–Crippen LogP) is 7.92. The summed E-state index contributed by atoms with van der Waals surface area (Å²) in [5.41, 5.74) is 6.08. The van der Waals surface area contributed by atoms with Gasteiger partial charge in [-0.25, -0.2) is 0 Å². The molecule has 1 aliphatic heterocycles. The first kappa shape index (κ1) is 24.5. The standard InChI is InChI=1S/C31H29ClN2OS/c1-20(2)18-22-14-12-21(13-15-22)16-17-24-19-26-29(25-10-6-7-11-27(25)32)33-28(23-8-4-3-5-9-23)30(35)34-31(26)36-24/h3-15,19-20,28H,16-18H2,1-2H3,(H,34,35). The summed E-state index contributed by atoms with van der Waals surface area (Å²) < 4.78 is 0. The fraction of sp³-hybridized carbons (Fsp3) is 0.226. The van der Waals surface area contributed by atoms with E-state index in [2.05, 4.69) is 49.5 Å². The van der Waals surface area contributed by atoms with Crippen molar-refractivity contribution < 1.29 is 4.79 Å². The van der Waals surface area contributed by atoms with E-state index in [0.717, 1.165) is 46.7 Å². The largest absolute Gasteiger partial charge is 0.315 e. The number of carbonyl (C=O) groups excluding carboxylic acids is 1. The molecule has 5 rings (SSSR count). The van der Waals surface area contributed by atoms with Crippen LogP contribution in [0.2, 0.25) is 5.02 Å². The van der Waals surface area contributed by atoms with Crippen molar-refractivity contribution in [3.05, 3.63) is 123 Å². The number of halogens is 1. The number of nitrogens with zero attached hydrogens (tertiary/aromatic N) is 1. The molecule has 1 atom stereocenters. The van der Waals surface area contributed by atoms with Crippen LogP contribution in [0.15, 0.2) is 89.9 Å². The normalized spacial score (nSPS) is 15.3. The summed E-state index contributed by atoms with van der Waals surface area (Å²) in [6, 6.07) is 27.9. The van der Waals surface area contributed by atoms with Crippen LogP contribution in [0, 0.1) is 5.92 Å². The molecule has 1 aliphatic rings. The Morgan fingerprint density at radius 1 is 0.889 bits per heavy atom. The topological polar surface area (TPSA) is 41.5 Å². The first-order chi connectivity index (χ1) is 17.5. The highest BCUT2D eigenvalue weighted by Gasteiger charge is 2.29. The molecule has 1 N–H and O–H groups in total. The van der Waals surface area contributed by atoms with Crippen molar-refractivity contribution >= 4 is 39.6 Å². The summed E-state index contributed by atoms with van der Waals surface area (Å²) in [7, 11) is 0. The molecule has 0 spiro atoms. The van der Waals surface area contributed by atoms with Crippen LogP contribution in [-0.4, -0.2) is 11.6 Å². The highest BCUT2D eigenvalue weighted by atomic mass is 35.5. The van der Waals surface area contributed by atoms with Gasteiger partial charge in [0.2, 0.25) is 0 Å². The predicted molar refractivity (Wildman–Crippen MR) is 152 cm³/mol. The second-order valence-electron chi connectivity index (χ2n) is 9.63. The third kappa shape index (κ3) is 5.45. The number of thiophene rings is 1. The lowest BCUT2D eigenvalue weighted by Gasteiger charge is -2.12. The lowest BCUT2D eigenvalue weighted by atomic mass is 10.00. The van der Waals surface area contributed by atoms with Gasteiger partial charge in [0.1, 0.15) is 5.00 Å². The molecule has 1 aromatic heterocycles. The Balaban J connectivity index is 1.46. The maximum absolute atomic E-state index is 13.3. The minimum atomic E-state index is -0.634. The number of aliphatic imine (C=N–C) groups is 1. The number of hydrogen-bond donors (Lipinski definition) is 1. The highest BCUT2D eigenvalue weighted by molar-refractivity contribution is 7.16. The Morgan fingerprint density at radius 2 is 1.58 bits per heavy atom. The van der Waals surface area contributed by atoms with Gasteiger partial charge in [0, 0.05) is 21.0 Å². The maximum Gasteiger partial charge on any atom is 0.254 e. The average Bonchev–Trinajstić information content (AvgIpc) is 3.21. The fourth-order valence-corrected chi connectivity index (χ4v) is 5.87. The van der Waals surface area contributed by atoms with Crippen molar-refractivity contribution in [3.63, 3.8) is 0 Å². The van der Waals surface area contributed by atoms with E-state index in [0.29, 0.717) is 10.9 Å². The number of anilines is 1. The smallest absolute Gasteiger partial charge is 0.254 e. The molecule has 3 aromatic carbocycles. The van der Waals surface area contributed by atoms with Gasteiger partial charge in [0.15, 0.2) is 6.04 Å². The van der Waals surface area contributed by atoms with Crippen LogP contribution in [0.5, 0.6) is 0 Å². The van der Waals surface area contributed by atoms with Gasteiger partial charge in [0.25, 0.3) is 5.91 Å². The summed E-state index contributed by atoms with van der Waals surface area (Å²) >= 11 is 8.25. The van der Waals surface area contributed by atoms with Crippen LogP contribution in [-0.2, 0) is 24.1 Å². The molecule has 0 saturated heterocycles. The monoisotopic (exact) mass is 512 g/mol. The first-order valence-corrected chi connectivity index (χ1v) is 13.6. The lowest BCUT2D eigenvalue weighted by molar-refractivity contribution is -0.117. The molecule has 182 valence electrons. The fourth-order valence-electron chi connectivity index (χ4n) is 4.58. The summed E-state index contributed by atoms with van der Waals surface area (Å²) in [6.07, 6.45) is 2.95. The Labute approximate surface area is 221 Å². The zero-order valence-corrected chi connectivity index (χ0v) is 22.1. The van der Waals surface area contributed by atoms with Crippen molar-refractivity contribution in [1.29, 1.82) is 0 Å². The van der Waals surface area contributed by atoms with Gasteiger partial charge in [-0.15, -0.1) is 11.3 Å². The third-order valence-corrected chi connectivity index (χ3v) is 7.79. The number of hydrogen-bond acceptors (Lipinski definition) is 3. The number of nitrogens with one attached hydrogen (secondary N) is 1. The SMILES string of the molecule is CC(C)Cc1ccc(CCc2cc3c(s2)NC(=O)C(c2ccccc2)N=C3c2ccccc2Cl)cc1. The van der Waals surface area contributed by atoms with Gasteiger partial charge >= 0.3 is 0 Å².